The van der Waals surface area contributed by atoms with E-state index in [0.29, 0.717) is 15.6 Å². The van der Waals surface area contributed by atoms with Crippen molar-refractivity contribution in [1.29, 1.82) is 0 Å². The number of aliphatic carboxylic acids is 1. The Balaban J connectivity index is 2.02. The van der Waals surface area contributed by atoms with Gasteiger partial charge in [-0.15, -0.1) is 0 Å². The Morgan fingerprint density at radius 3 is 2.57 bits per heavy atom. The van der Waals surface area contributed by atoms with Gasteiger partial charge in [0.25, 0.3) is 0 Å². The molecule has 0 aliphatic carbocycles. The minimum absolute atomic E-state index is 0.0491. The van der Waals surface area contributed by atoms with Crippen molar-refractivity contribution >= 4 is 35.2 Å². The summed E-state index contributed by atoms with van der Waals surface area (Å²) < 4.78 is 0. The second-order valence-electron chi connectivity index (χ2n) is 4.84. The van der Waals surface area contributed by atoms with Crippen LogP contribution >= 0.6 is 23.2 Å². The monoisotopic (exact) mass is 332 g/mol. The Labute approximate surface area is 131 Å². The van der Waals surface area contributed by atoms with E-state index < -0.39 is 24.1 Å². The maximum Gasteiger partial charge on any atom is 0.326 e. The number of benzene rings is 1. The van der Waals surface area contributed by atoms with Gasteiger partial charge in [-0.3, -0.25) is 0 Å². The number of nitrogens with zero attached hydrogens (tertiary/aromatic N) is 1. The van der Waals surface area contributed by atoms with Gasteiger partial charge < -0.3 is 20.4 Å². The number of carbonyl (C=O) groups excluding carboxylic acids is 1. The number of carboxylic acid groups (broad SMARTS) is 1. The molecule has 1 aromatic rings. The predicted molar refractivity (Wildman–Crippen MR) is 77.7 cm³/mol. The largest absolute Gasteiger partial charge is 0.480 e. The molecule has 1 aliphatic heterocycles. The molecule has 0 spiro atoms. The lowest BCUT2D eigenvalue weighted by Gasteiger charge is -2.36. The van der Waals surface area contributed by atoms with Crippen LogP contribution in [0.2, 0.25) is 10.0 Å². The SMILES string of the molecule is O=C(O)[C@@H](Cc1ccc(Cl)cc1Cl)NC(=O)N1CC(O)C1. The number of carbonyl (C=O) groups is 2. The summed E-state index contributed by atoms with van der Waals surface area (Å²) in [5.74, 6) is -1.16. The van der Waals surface area contributed by atoms with Gasteiger partial charge in [0.15, 0.2) is 0 Å². The Bertz CT molecular complexity index is 561. The molecule has 2 amide bonds. The van der Waals surface area contributed by atoms with Crippen LogP contribution in [0.3, 0.4) is 0 Å². The Morgan fingerprint density at radius 2 is 2.05 bits per heavy atom. The molecule has 6 nitrogen and oxygen atoms in total. The molecule has 8 heteroatoms. The molecule has 1 saturated heterocycles. The minimum Gasteiger partial charge on any atom is -0.480 e. The van der Waals surface area contributed by atoms with Crippen molar-refractivity contribution < 1.29 is 19.8 Å². The highest BCUT2D eigenvalue weighted by Crippen LogP contribution is 2.22. The summed E-state index contributed by atoms with van der Waals surface area (Å²) in [6.07, 6.45) is -0.488. The fraction of sp³-hybridized carbons (Fsp3) is 0.385. The third kappa shape index (κ3) is 4.00. The first kappa shape index (κ1) is 15.9. The van der Waals surface area contributed by atoms with Gasteiger partial charge in [-0.1, -0.05) is 29.3 Å². The standard InChI is InChI=1S/C13H14Cl2N2O4/c14-8-2-1-7(10(15)4-8)3-11(12(19)20)16-13(21)17-5-9(18)6-17/h1-2,4,9,11,18H,3,5-6H2,(H,16,21)(H,19,20)/t11-/m1/s1. The number of halogens is 2. The molecule has 0 saturated carbocycles. The van der Waals surface area contributed by atoms with Crippen molar-refractivity contribution in [3.05, 3.63) is 33.8 Å². The van der Waals surface area contributed by atoms with E-state index in [2.05, 4.69) is 5.32 Å². The zero-order valence-electron chi connectivity index (χ0n) is 10.9. The second-order valence-corrected chi connectivity index (χ2v) is 5.68. The van der Waals surface area contributed by atoms with E-state index in [1.165, 1.54) is 11.0 Å². The Hall–Kier alpha value is -1.50. The number of hydrogen-bond donors (Lipinski definition) is 3. The average molecular weight is 333 g/mol. The zero-order chi connectivity index (χ0) is 15.6. The number of urea groups is 1. The van der Waals surface area contributed by atoms with E-state index in [1.54, 1.807) is 12.1 Å². The number of β-amino-alcohol motifs (C(OH)–C–C–N with tert-alkyl or cyclic N) is 1. The molecule has 0 bridgehead atoms. The molecule has 1 atom stereocenters. The van der Waals surface area contributed by atoms with Crippen LogP contribution < -0.4 is 5.32 Å². The van der Waals surface area contributed by atoms with Gasteiger partial charge in [0.1, 0.15) is 6.04 Å². The summed E-state index contributed by atoms with van der Waals surface area (Å²) in [6, 6.07) is 3.13. The van der Waals surface area contributed by atoms with Gasteiger partial charge in [0.05, 0.1) is 19.2 Å². The molecule has 2 rings (SSSR count). The number of nitrogens with one attached hydrogen (secondary N) is 1. The van der Waals surface area contributed by atoms with E-state index in [1.807, 2.05) is 0 Å². The summed E-state index contributed by atoms with van der Waals surface area (Å²) in [5.41, 5.74) is 0.581. The van der Waals surface area contributed by atoms with Crippen LogP contribution in [0.25, 0.3) is 0 Å². The molecular weight excluding hydrogens is 319 g/mol. The van der Waals surface area contributed by atoms with Gasteiger partial charge in [0.2, 0.25) is 0 Å². The first-order valence-electron chi connectivity index (χ1n) is 6.27. The normalized spacial score (nSPS) is 16.2. The van der Waals surface area contributed by atoms with Crippen molar-refractivity contribution in [1.82, 2.24) is 10.2 Å². The van der Waals surface area contributed by atoms with Gasteiger partial charge in [-0.05, 0) is 17.7 Å². The quantitative estimate of drug-likeness (QED) is 0.776. The smallest absolute Gasteiger partial charge is 0.326 e. The number of carboxylic acids is 1. The minimum atomic E-state index is -1.16. The Kier molecular flexibility index (Phi) is 4.92. The van der Waals surface area contributed by atoms with E-state index in [-0.39, 0.29) is 19.5 Å². The van der Waals surface area contributed by atoms with Gasteiger partial charge in [0, 0.05) is 16.5 Å². The van der Waals surface area contributed by atoms with Crippen LogP contribution in [0, 0.1) is 0 Å². The maximum absolute atomic E-state index is 11.8. The zero-order valence-corrected chi connectivity index (χ0v) is 12.4. The number of likely N-dealkylation sites (tertiary alicyclic amines) is 1. The number of hydrogen-bond acceptors (Lipinski definition) is 3. The Morgan fingerprint density at radius 1 is 1.38 bits per heavy atom. The predicted octanol–water partition coefficient (Wildman–Crippen LogP) is 1.38. The lowest BCUT2D eigenvalue weighted by atomic mass is 10.1. The molecule has 0 radical (unpaired) electrons. The lowest BCUT2D eigenvalue weighted by Crippen LogP contribution is -2.59. The van der Waals surface area contributed by atoms with Gasteiger partial charge >= 0.3 is 12.0 Å². The number of rotatable bonds is 4. The highest BCUT2D eigenvalue weighted by Gasteiger charge is 2.31. The van der Waals surface area contributed by atoms with Crippen molar-refractivity contribution in [2.24, 2.45) is 0 Å². The highest BCUT2D eigenvalue weighted by atomic mass is 35.5. The topological polar surface area (TPSA) is 89.9 Å². The first-order valence-corrected chi connectivity index (χ1v) is 7.02. The second kappa shape index (κ2) is 6.51. The average Bonchev–Trinajstić information content (AvgIpc) is 2.36. The van der Waals surface area contributed by atoms with Crippen LogP contribution in [0.15, 0.2) is 18.2 Å². The molecule has 0 aromatic heterocycles. The summed E-state index contributed by atoms with van der Waals surface area (Å²) in [5, 5.41) is 21.6. The third-order valence-corrected chi connectivity index (χ3v) is 3.77. The van der Waals surface area contributed by atoms with Crippen LogP contribution in [0.5, 0.6) is 0 Å². The molecule has 1 fully saturated rings. The van der Waals surface area contributed by atoms with Crippen molar-refractivity contribution in [2.45, 2.75) is 18.6 Å². The van der Waals surface area contributed by atoms with Crippen LogP contribution in [0.4, 0.5) is 4.79 Å². The molecule has 1 aliphatic rings. The summed E-state index contributed by atoms with van der Waals surface area (Å²) in [6.45, 7) is 0.416. The fourth-order valence-electron chi connectivity index (χ4n) is 1.97. The van der Waals surface area contributed by atoms with Gasteiger partial charge in [-0.25, -0.2) is 9.59 Å². The molecule has 1 aromatic carbocycles. The van der Waals surface area contributed by atoms with E-state index in [0.717, 1.165) is 0 Å². The molecule has 0 unspecified atom stereocenters. The van der Waals surface area contributed by atoms with E-state index in [9.17, 15) is 14.7 Å². The van der Waals surface area contributed by atoms with Crippen LogP contribution in [-0.4, -0.2) is 52.3 Å². The number of amides is 2. The molecule has 3 N–H and O–H groups in total. The van der Waals surface area contributed by atoms with Gasteiger partial charge in [-0.2, -0.15) is 0 Å². The number of aliphatic hydroxyl groups is 1. The summed E-state index contributed by atoms with van der Waals surface area (Å²) in [4.78, 5) is 24.4. The molecular formula is C13H14Cl2N2O4. The first-order chi connectivity index (χ1) is 9.86. The van der Waals surface area contributed by atoms with Crippen LogP contribution in [-0.2, 0) is 11.2 Å². The lowest BCUT2D eigenvalue weighted by molar-refractivity contribution is -0.139. The van der Waals surface area contributed by atoms with Crippen molar-refractivity contribution in [3.63, 3.8) is 0 Å². The molecule has 21 heavy (non-hydrogen) atoms. The van der Waals surface area contributed by atoms with Crippen molar-refractivity contribution in [2.75, 3.05) is 13.1 Å². The molecule has 1 heterocycles. The maximum atomic E-state index is 11.8. The van der Waals surface area contributed by atoms with E-state index in [4.69, 9.17) is 28.3 Å². The third-order valence-electron chi connectivity index (χ3n) is 3.18. The van der Waals surface area contributed by atoms with Crippen molar-refractivity contribution in [3.8, 4) is 0 Å². The highest BCUT2D eigenvalue weighted by molar-refractivity contribution is 6.35. The summed E-state index contributed by atoms with van der Waals surface area (Å²) >= 11 is 11.8. The van der Waals surface area contributed by atoms with Crippen LogP contribution in [0.1, 0.15) is 5.56 Å². The number of aliphatic hydroxyl groups excluding tert-OH is 1. The summed E-state index contributed by atoms with van der Waals surface area (Å²) in [7, 11) is 0. The van der Waals surface area contributed by atoms with E-state index >= 15 is 0 Å². The fourth-order valence-corrected chi connectivity index (χ4v) is 2.45. The molecule has 114 valence electrons.